The van der Waals surface area contributed by atoms with Crippen molar-refractivity contribution in [2.24, 2.45) is 5.10 Å². The maximum Gasteiger partial charge on any atom is 0.146 e. The van der Waals surface area contributed by atoms with Gasteiger partial charge >= 0.3 is 0 Å². The van der Waals surface area contributed by atoms with Gasteiger partial charge in [-0.1, -0.05) is 36.5 Å². The molecule has 74 valence electrons. The van der Waals surface area contributed by atoms with Crippen LogP contribution in [0, 0.1) is 0 Å². The molecule has 0 radical (unpaired) electrons. The topological polar surface area (TPSA) is 15.4 Å². The fourth-order valence-corrected chi connectivity index (χ4v) is 2.83. The van der Waals surface area contributed by atoms with Gasteiger partial charge in [-0.3, -0.25) is 5.01 Å². The van der Waals surface area contributed by atoms with Crippen LogP contribution < -0.4 is 0 Å². The second-order valence-corrected chi connectivity index (χ2v) is 4.47. The summed E-state index contributed by atoms with van der Waals surface area (Å²) in [6.45, 7) is 0. The molecule has 2 heterocycles. The third-order valence-electron chi connectivity index (χ3n) is 3.69. The summed E-state index contributed by atoms with van der Waals surface area (Å²) in [4.78, 5) is 0. The molecular formula is C13H12N2. The van der Waals surface area contributed by atoms with Crippen molar-refractivity contribution in [2.45, 2.75) is 24.4 Å². The Kier molecular flexibility index (Phi) is 1.19. The fourth-order valence-electron chi connectivity index (χ4n) is 2.83. The number of rotatable bonds is 1. The Labute approximate surface area is 89.0 Å². The molecule has 0 N–H and O–H groups in total. The van der Waals surface area contributed by atoms with Crippen LogP contribution in [0.5, 0.6) is 0 Å². The van der Waals surface area contributed by atoms with Gasteiger partial charge in [-0.05, 0) is 24.5 Å². The molecule has 0 amide bonds. The average molecular weight is 196 g/mol. The predicted molar refractivity (Wildman–Crippen MR) is 60.5 cm³/mol. The van der Waals surface area contributed by atoms with E-state index in [1.165, 1.54) is 11.3 Å². The molecule has 1 fully saturated rings. The van der Waals surface area contributed by atoms with Crippen LogP contribution in [0.1, 0.15) is 12.8 Å². The van der Waals surface area contributed by atoms with Gasteiger partial charge in [0, 0.05) is 0 Å². The van der Waals surface area contributed by atoms with Gasteiger partial charge in [0.15, 0.2) is 0 Å². The minimum atomic E-state index is 0.172. The highest BCUT2D eigenvalue weighted by molar-refractivity contribution is 6.15. The molecule has 15 heavy (non-hydrogen) atoms. The molecule has 2 unspecified atom stereocenters. The highest BCUT2D eigenvalue weighted by Gasteiger charge is 2.70. The largest absolute Gasteiger partial charge is 0.268 e. The van der Waals surface area contributed by atoms with Gasteiger partial charge in [0.05, 0.1) is 5.71 Å². The first-order valence-electron chi connectivity index (χ1n) is 5.53. The molecule has 2 atom stereocenters. The van der Waals surface area contributed by atoms with Gasteiger partial charge in [-0.25, -0.2) is 0 Å². The molecule has 0 bridgehead atoms. The standard InChI is InChI=1S/C13H12N2/c1-2-6-10(7-3-1)12-13-9-5-4-8-11(13)15(13)14-12/h1-2,4-6,8-9,11H,3,7H2. The SMILES string of the molecule is C1=CCCC(C2=NN3C4C=CC=CC243)=C1. The summed E-state index contributed by atoms with van der Waals surface area (Å²) in [5.74, 6) is 0. The Hall–Kier alpha value is -1.57. The zero-order valence-electron chi connectivity index (χ0n) is 8.43. The van der Waals surface area contributed by atoms with Crippen LogP contribution in [0.2, 0.25) is 0 Å². The normalized spacial score (nSPS) is 38.9. The summed E-state index contributed by atoms with van der Waals surface area (Å²) >= 11 is 0. The van der Waals surface area contributed by atoms with Crippen molar-refractivity contribution < 1.29 is 0 Å². The van der Waals surface area contributed by atoms with Gasteiger partial charge in [-0.2, -0.15) is 5.10 Å². The molecule has 2 heteroatoms. The highest BCUT2D eigenvalue weighted by atomic mass is 15.7. The van der Waals surface area contributed by atoms with Gasteiger partial charge in [0.2, 0.25) is 0 Å². The van der Waals surface area contributed by atoms with Crippen molar-refractivity contribution in [1.82, 2.24) is 5.01 Å². The number of hydrogen-bond acceptors (Lipinski definition) is 2. The summed E-state index contributed by atoms with van der Waals surface area (Å²) in [7, 11) is 0. The lowest BCUT2D eigenvalue weighted by Crippen LogP contribution is -2.37. The van der Waals surface area contributed by atoms with E-state index in [1.807, 2.05) is 0 Å². The average Bonchev–Trinajstić information content (AvgIpc) is 2.81. The zero-order valence-corrected chi connectivity index (χ0v) is 8.43. The van der Waals surface area contributed by atoms with Crippen molar-refractivity contribution in [2.75, 3.05) is 0 Å². The molecule has 2 aliphatic carbocycles. The maximum atomic E-state index is 4.60. The van der Waals surface area contributed by atoms with E-state index in [-0.39, 0.29) is 5.54 Å². The molecule has 2 aliphatic heterocycles. The molecule has 4 rings (SSSR count). The van der Waals surface area contributed by atoms with Crippen molar-refractivity contribution in [1.29, 1.82) is 0 Å². The van der Waals surface area contributed by atoms with E-state index >= 15 is 0 Å². The van der Waals surface area contributed by atoms with Crippen LogP contribution in [0.15, 0.2) is 53.2 Å². The zero-order chi connectivity index (χ0) is 9.88. The van der Waals surface area contributed by atoms with Crippen molar-refractivity contribution in [3.05, 3.63) is 48.1 Å². The highest BCUT2D eigenvalue weighted by Crippen LogP contribution is 2.55. The van der Waals surface area contributed by atoms with E-state index in [0.29, 0.717) is 6.04 Å². The third kappa shape index (κ3) is 0.751. The number of hydrazone groups is 1. The second-order valence-electron chi connectivity index (χ2n) is 4.47. The first kappa shape index (κ1) is 7.69. The van der Waals surface area contributed by atoms with Crippen molar-refractivity contribution in [3.8, 4) is 0 Å². The Morgan fingerprint density at radius 3 is 3.13 bits per heavy atom. The Balaban J connectivity index is 1.72. The summed E-state index contributed by atoms with van der Waals surface area (Å²) in [5, 5.41) is 6.80. The third-order valence-corrected chi connectivity index (χ3v) is 3.69. The number of allylic oxidation sites excluding steroid dienone is 5. The smallest absolute Gasteiger partial charge is 0.146 e. The van der Waals surface area contributed by atoms with Gasteiger partial charge in [-0.15, -0.1) is 0 Å². The minimum absolute atomic E-state index is 0.172. The number of hydrogen-bond donors (Lipinski definition) is 0. The number of nitrogens with zero attached hydrogens (tertiary/aromatic N) is 2. The van der Waals surface area contributed by atoms with Gasteiger partial charge in [0.25, 0.3) is 0 Å². The predicted octanol–water partition coefficient (Wildman–Crippen LogP) is 2.18. The molecule has 1 saturated heterocycles. The summed E-state index contributed by atoms with van der Waals surface area (Å²) in [6, 6.07) is 0.518. The number of fused-ring (bicyclic) bond motifs is 1. The minimum Gasteiger partial charge on any atom is -0.268 e. The van der Waals surface area contributed by atoms with Crippen LogP contribution in [0.25, 0.3) is 0 Å². The molecule has 0 aromatic carbocycles. The molecule has 0 saturated carbocycles. The van der Waals surface area contributed by atoms with Crippen LogP contribution in [-0.4, -0.2) is 22.3 Å². The summed E-state index contributed by atoms with van der Waals surface area (Å²) in [6.07, 6.45) is 17.7. The molecular weight excluding hydrogens is 184 g/mol. The van der Waals surface area contributed by atoms with E-state index in [1.54, 1.807) is 0 Å². The lowest BCUT2D eigenvalue weighted by molar-refractivity contribution is 0.478. The van der Waals surface area contributed by atoms with Gasteiger partial charge < -0.3 is 0 Å². The van der Waals surface area contributed by atoms with Crippen LogP contribution in [0.4, 0.5) is 0 Å². The summed E-state index contributed by atoms with van der Waals surface area (Å²) < 4.78 is 0. The first-order chi connectivity index (χ1) is 7.43. The van der Waals surface area contributed by atoms with E-state index < -0.39 is 0 Å². The molecule has 4 aliphatic rings. The second kappa shape index (κ2) is 2.32. The maximum absolute atomic E-state index is 4.60. The van der Waals surface area contributed by atoms with E-state index in [0.717, 1.165) is 12.8 Å². The van der Waals surface area contributed by atoms with Crippen molar-refractivity contribution >= 4 is 5.71 Å². The molecule has 1 spiro atoms. The molecule has 0 aromatic rings. The fraction of sp³-hybridized carbons (Fsp3) is 0.308. The van der Waals surface area contributed by atoms with E-state index in [4.69, 9.17) is 0 Å². The van der Waals surface area contributed by atoms with E-state index in [2.05, 4.69) is 52.6 Å². The quantitative estimate of drug-likeness (QED) is 0.587. The molecule has 0 aromatic heterocycles. The van der Waals surface area contributed by atoms with Crippen molar-refractivity contribution in [3.63, 3.8) is 0 Å². The summed E-state index contributed by atoms with van der Waals surface area (Å²) in [5.41, 5.74) is 2.90. The van der Waals surface area contributed by atoms with Gasteiger partial charge in [0.1, 0.15) is 11.6 Å². The van der Waals surface area contributed by atoms with Crippen LogP contribution in [-0.2, 0) is 0 Å². The monoisotopic (exact) mass is 196 g/mol. The lowest BCUT2D eigenvalue weighted by atomic mass is 9.86. The Bertz CT molecular complexity index is 479. The molecule has 2 nitrogen and oxygen atoms in total. The van der Waals surface area contributed by atoms with E-state index in [9.17, 15) is 0 Å². The lowest BCUT2D eigenvalue weighted by Gasteiger charge is -2.26. The Morgan fingerprint density at radius 1 is 1.33 bits per heavy atom. The van der Waals surface area contributed by atoms with Crippen LogP contribution in [0.3, 0.4) is 0 Å². The Morgan fingerprint density at radius 2 is 2.33 bits per heavy atom. The first-order valence-corrected chi connectivity index (χ1v) is 5.53. The van der Waals surface area contributed by atoms with Crippen LogP contribution >= 0.6 is 0 Å².